The van der Waals surface area contributed by atoms with E-state index in [-0.39, 0.29) is 18.2 Å². The summed E-state index contributed by atoms with van der Waals surface area (Å²) in [7, 11) is 0. The lowest BCUT2D eigenvalue weighted by molar-refractivity contribution is 0.0835. The topological polar surface area (TPSA) is 83.0 Å². The third-order valence-electron chi connectivity index (χ3n) is 4.58. The lowest BCUT2D eigenvalue weighted by Gasteiger charge is -2.01. The predicted molar refractivity (Wildman–Crippen MR) is 101 cm³/mol. The van der Waals surface area contributed by atoms with Crippen LogP contribution in [-0.2, 0) is 11.3 Å². The molecule has 8 heteroatoms. The van der Waals surface area contributed by atoms with Crippen molar-refractivity contribution in [1.29, 1.82) is 0 Å². The van der Waals surface area contributed by atoms with Crippen molar-refractivity contribution in [2.75, 3.05) is 6.61 Å². The molecule has 0 saturated carbocycles. The lowest BCUT2D eigenvalue weighted by Crippen LogP contribution is -2.21. The average molecular weight is 380 g/mol. The minimum atomic E-state index is -0.131. The van der Waals surface area contributed by atoms with E-state index in [9.17, 15) is 4.79 Å². The van der Waals surface area contributed by atoms with Crippen LogP contribution in [-0.4, -0.2) is 26.3 Å². The van der Waals surface area contributed by atoms with Crippen molar-refractivity contribution in [2.45, 2.75) is 25.5 Å². The zero-order valence-corrected chi connectivity index (χ0v) is 15.2. The minimum Gasteiger partial charge on any atom is -0.368 e. The highest BCUT2D eigenvalue weighted by Gasteiger charge is 2.24. The number of rotatable bonds is 4. The van der Waals surface area contributed by atoms with E-state index in [2.05, 4.69) is 15.1 Å². The quantitative estimate of drug-likeness (QED) is 0.540. The van der Waals surface area contributed by atoms with Crippen molar-refractivity contribution in [3.8, 4) is 10.4 Å². The summed E-state index contributed by atoms with van der Waals surface area (Å²) < 4.78 is 12.4. The first kappa shape index (κ1) is 16.3. The summed E-state index contributed by atoms with van der Waals surface area (Å²) in [6.45, 7) is 0.929. The molecule has 4 heterocycles. The Labute approximate surface area is 158 Å². The predicted octanol–water partition coefficient (Wildman–Crippen LogP) is 3.41. The molecular weight excluding hydrogens is 364 g/mol. The third-order valence-corrected chi connectivity index (χ3v) is 5.67. The van der Waals surface area contributed by atoms with E-state index in [4.69, 9.17) is 9.26 Å². The maximum Gasteiger partial charge on any atom is 0.262 e. The molecule has 27 heavy (non-hydrogen) atoms. The van der Waals surface area contributed by atoms with Gasteiger partial charge in [-0.15, -0.1) is 11.3 Å². The Kier molecular flexibility index (Phi) is 4.06. The smallest absolute Gasteiger partial charge is 0.262 e. The highest BCUT2D eigenvalue weighted by Crippen LogP contribution is 2.30. The number of ether oxygens (including phenoxy) is 1. The first-order valence-corrected chi connectivity index (χ1v) is 9.58. The molecule has 0 N–H and O–H groups in total. The second-order valence-corrected chi connectivity index (χ2v) is 7.45. The monoisotopic (exact) mass is 380 g/mol. The Bertz CT molecular complexity index is 1140. The summed E-state index contributed by atoms with van der Waals surface area (Å²) in [5.41, 5.74) is 0.965. The molecule has 5 rings (SSSR count). The fourth-order valence-corrected chi connectivity index (χ4v) is 4.20. The summed E-state index contributed by atoms with van der Waals surface area (Å²) in [5, 5.41) is 4.58. The molecule has 1 atom stereocenters. The van der Waals surface area contributed by atoms with Gasteiger partial charge in [-0.05, 0) is 24.5 Å². The van der Waals surface area contributed by atoms with Crippen molar-refractivity contribution >= 4 is 21.6 Å². The number of hydrogen-bond acceptors (Lipinski definition) is 7. The van der Waals surface area contributed by atoms with Gasteiger partial charge in [0.25, 0.3) is 11.4 Å². The van der Waals surface area contributed by atoms with Crippen LogP contribution in [0, 0.1) is 0 Å². The molecule has 0 amide bonds. The summed E-state index contributed by atoms with van der Waals surface area (Å²) in [5.74, 6) is 0.925. The van der Waals surface area contributed by atoms with E-state index < -0.39 is 0 Å². The van der Waals surface area contributed by atoms with Crippen molar-refractivity contribution in [3.05, 3.63) is 64.8 Å². The van der Waals surface area contributed by atoms with Crippen LogP contribution in [0.2, 0.25) is 0 Å². The second-order valence-electron chi connectivity index (χ2n) is 6.42. The van der Waals surface area contributed by atoms with Gasteiger partial charge in [-0.3, -0.25) is 9.36 Å². The molecule has 7 nitrogen and oxygen atoms in total. The first-order valence-electron chi connectivity index (χ1n) is 8.76. The maximum absolute atomic E-state index is 12.9. The molecule has 1 aromatic carbocycles. The summed E-state index contributed by atoms with van der Waals surface area (Å²) in [6.07, 6.45) is 3.28. The molecule has 0 aliphatic carbocycles. The van der Waals surface area contributed by atoms with E-state index >= 15 is 0 Å². The zero-order valence-electron chi connectivity index (χ0n) is 14.4. The Morgan fingerprint density at radius 1 is 1.26 bits per heavy atom. The van der Waals surface area contributed by atoms with Gasteiger partial charge in [-0.25, -0.2) is 4.98 Å². The number of nitrogens with zero attached hydrogens (tertiary/aromatic N) is 4. The molecule has 0 spiro atoms. The van der Waals surface area contributed by atoms with Crippen LogP contribution in [0.5, 0.6) is 0 Å². The fourth-order valence-electron chi connectivity index (χ4n) is 3.20. The Hall–Kier alpha value is -2.84. The third kappa shape index (κ3) is 3.07. The summed E-state index contributed by atoms with van der Waals surface area (Å²) in [6, 6.07) is 11.9. The van der Waals surface area contributed by atoms with Crippen molar-refractivity contribution < 1.29 is 9.26 Å². The largest absolute Gasteiger partial charge is 0.368 e. The number of aromatic nitrogens is 4. The molecule has 1 fully saturated rings. The van der Waals surface area contributed by atoms with E-state index in [0.29, 0.717) is 23.7 Å². The van der Waals surface area contributed by atoms with Gasteiger partial charge >= 0.3 is 0 Å². The molecule has 1 unspecified atom stereocenters. The fraction of sp³-hybridized carbons (Fsp3) is 0.263. The van der Waals surface area contributed by atoms with Crippen molar-refractivity contribution in [2.24, 2.45) is 0 Å². The van der Waals surface area contributed by atoms with Crippen LogP contribution in [0.4, 0.5) is 0 Å². The lowest BCUT2D eigenvalue weighted by atomic mass is 10.2. The van der Waals surface area contributed by atoms with E-state index in [1.807, 2.05) is 36.4 Å². The molecule has 3 aromatic heterocycles. The van der Waals surface area contributed by atoms with Gasteiger partial charge in [-0.2, -0.15) is 4.98 Å². The number of benzene rings is 1. The van der Waals surface area contributed by atoms with E-state index in [1.165, 1.54) is 22.2 Å². The zero-order chi connectivity index (χ0) is 18.2. The van der Waals surface area contributed by atoms with Gasteiger partial charge in [0, 0.05) is 11.5 Å². The van der Waals surface area contributed by atoms with Crippen LogP contribution >= 0.6 is 11.3 Å². The van der Waals surface area contributed by atoms with Gasteiger partial charge in [0.15, 0.2) is 5.82 Å². The van der Waals surface area contributed by atoms with Crippen LogP contribution in [0.3, 0.4) is 0 Å². The number of fused-ring (bicyclic) bond motifs is 1. The van der Waals surface area contributed by atoms with Crippen LogP contribution in [0.1, 0.15) is 30.7 Å². The highest BCUT2D eigenvalue weighted by molar-refractivity contribution is 7.21. The van der Waals surface area contributed by atoms with Crippen LogP contribution in [0.15, 0.2) is 52.0 Å². The van der Waals surface area contributed by atoms with Crippen molar-refractivity contribution in [3.63, 3.8) is 0 Å². The molecule has 1 aliphatic heterocycles. The van der Waals surface area contributed by atoms with Gasteiger partial charge in [0.2, 0.25) is 0 Å². The van der Waals surface area contributed by atoms with E-state index in [0.717, 1.165) is 28.1 Å². The van der Waals surface area contributed by atoms with Crippen LogP contribution < -0.4 is 5.56 Å². The van der Waals surface area contributed by atoms with Gasteiger partial charge in [0.1, 0.15) is 10.9 Å². The molecule has 1 saturated heterocycles. The molecule has 0 bridgehead atoms. The normalized spacial score (nSPS) is 17.0. The van der Waals surface area contributed by atoms with E-state index in [1.54, 1.807) is 0 Å². The average Bonchev–Trinajstić information content (AvgIpc) is 3.45. The molecule has 1 aliphatic rings. The first-order chi connectivity index (χ1) is 13.3. The maximum atomic E-state index is 12.9. The minimum absolute atomic E-state index is 0.109. The molecule has 136 valence electrons. The van der Waals surface area contributed by atoms with Crippen LogP contribution in [0.25, 0.3) is 20.7 Å². The summed E-state index contributed by atoms with van der Waals surface area (Å²) in [4.78, 5) is 23.4. The number of hydrogen-bond donors (Lipinski definition) is 0. The SMILES string of the molecule is O=c1c2cc(-c3ccccc3)sc2ncn1Cc1noc(C2CCCO2)n1. The Morgan fingerprint density at radius 2 is 2.15 bits per heavy atom. The second kappa shape index (κ2) is 6.71. The molecule has 4 aromatic rings. The molecule has 0 radical (unpaired) electrons. The Balaban J connectivity index is 1.45. The summed E-state index contributed by atoms with van der Waals surface area (Å²) >= 11 is 1.51. The van der Waals surface area contributed by atoms with Crippen molar-refractivity contribution in [1.82, 2.24) is 19.7 Å². The van der Waals surface area contributed by atoms with Gasteiger partial charge in [0.05, 0.1) is 18.3 Å². The highest BCUT2D eigenvalue weighted by atomic mass is 32.1. The Morgan fingerprint density at radius 3 is 2.96 bits per heavy atom. The standard InChI is InChI=1S/C19H16N4O3S/c24-19-13-9-15(12-5-2-1-3-6-12)27-18(13)20-11-23(19)10-16-21-17(26-22-16)14-7-4-8-25-14/h1-3,5-6,9,11,14H,4,7-8,10H2. The van der Waals surface area contributed by atoms with Gasteiger partial charge in [-0.1, -0.05) is 35.5 Å². The number of thiophene rings is 1. The van der Waals surface area contributed by atoms with Gasteiger partial charge < -0.3 is 9.26 Å². The molecular formula is C19H16N4O3S.